The zero-order chi connectivity index (χ0) is 10.3. The van der Waals surface area contributed by atoms with Gasteiger partial charge in [-0.2, -0.15) is 0 Å². The Morgan fingerprint density at radius 2 is 2.12 bits per heavy atom. The fraction of sp³-hybridized carbons (Fsp3) is 0.364. The van der Waals surface area contributed by atoms with Crippen molar-refractivity contribution >= 4 is 24.2 Å². The van der Waals surface area contributed by atoms with Gasteiger partial charge in [0.2, 0.25) is 0 Å². The molecule has 5 heteroatoms. The summed E-state index contributed by atoms with van der Waals surface area (Å²) in [5.74, 6) is 0. The van der Waals surface area contributed by atoms with Crippen LogP contribution in [0.1, 0.15) is 12.0 Å². The van der Waals surface area contributed by atoms with Gasteiger partial charge < -0.3 is 10.1 Å². The van der Waals surface area contributed by atoms with Gasteiger partial charge in [-0.3, -0.25) is 5.32 Å². The number of halogens is 1. The highest BCUT2D eigenvalue weighted by atomic mass is 35.5. The molecule has 4 nitrogen and oxygen atoms in total. The van der Waals surface area contributed by atoms with Crippen LogP contribution < -0.4 is 10.6 Å². The van der Waals surface area contributed by atoms with Gasteiger partial charge in [-0.25, -0.2) is 4.79 Å². The van der Waals surface area contributed by atoms with Crippen molar-refractivity contribution in [3.63, 3.8) is 0 Å². The van der Waals surface area contributed by atoms with Gasteiger partial charge in [-0.15, -0.1) is 12.4 Å². The molecule has 86 valence electrons. The third-order valence-corrected chi connectivity index (χ3v) is 3.06. The quantitative estimate of drug-likeness (QED) is 0.728. The summed E-state index contributed by atoms with van der Waals surface area (Å²) in [6, 6.07) is 7.82. The van der Waals surface area contributed by atoms with Crippen molar-refractivity contribution < 1.29 is 9.53 Å². The smallest absolute Gasteiger partial charge is 0.412 e. The second-order valence-electron chi connectivity index (χ2n) is 3.98. The van der Waals surface area contributed by atoms with Crippen LogP contribution in [0.3, 0.4) is 0 Å². The highest BCUT2D eigenvalue weighted by Crippen LogP contribution is 2.39. The van der Waals surface area contributed by atoms with Crippen LogP contribution in [-0.2, 0) is 10.3 Å². The first-order valence-corrected chi connectivity index (χ1v) is 5.10. The van der Waals surface area contributed by atoms with E-state index in [2.05, 4.69) is 10.6 Å². The van der Waals surface area contributed by atoms with E-state index in [1.165, 1.54) is 0 Å². The van der Waals surface area contributed by atoms with Gasteiger partial charge in [-0.1, -0.05) is 18.2 Å². The van der Waals surface area contributed by atoms with Gasteiger partial charge in [-0.05, 0) is 12.6 Å². The Kier molecular flexibility index (Phi) is 2.78. The number of carbonyl (C=O) groups is 1. The first-order valence-electron chi connectivity index (χ1n) is 5.10. The Hall–Kier alpha value is -1.26. The molecule has 2 heterocycles. The number of amides is 1. The molecule has 0 saturated carbocycles. The van der Waals surface area contributed by atoms with E-state index < -0.39 is 5.60 Å². The van der Waals surface area contributed by atoms with E-state index >= 15 is 0 Å². The Balaban J connectivity index is 0.000000963. The largest absolute Gasteiger partial charge is 0.436 e. The predicted molar refractivity (Wildman–Crippen MR) is 63.0 cm³/mol. The lowest BCUT2D eigenvalue weighted by Crippen LogP contribution is -2.41. The van der Waals surface area contributed by atoms with Crippen LogP contribution in [0.25, 0.3) is 0 Å². The van der Waals surface area contributed by atoms with Crippen molar-refractivity contribution in [2.75, 3.05) is 18.4 Å². The fourth-order valence-electron chi connectivity index (χ4n) is 2.34. The molecule has 1 unspecified atom stereocenters. The van der Waals surface area contributed by atoms with Crippen molar-refractivity contribution in [1.82, 2.24) is 5.32 Å². The average molecular weight is 241 g/mol. The van der Waals surface area contributed by atoms with Crippen LogP contribution in [0.5, 0.6) is 0 Å². The van der Waals surface area contributed by atoms with E-state index in [1.54, 1.807) is 0 Å². The molecule has 0 aliphatic carbocycles. The molecule has 1 spiro atoms. The lowest BCUT2D eigenvalue weighted by Gasteiger charge is -2.34. The topological polar surface area (TPSA) is 50.4 Å². The van der Waals surface area contributed by atoms with Crippen molar-refractivity contribution in [3.05, 3.63) is 29.8 Å². The molecule has 2 aliphatic heterocycles. The van der Waals surface area contributed by atoms with Gasteiger partial charge in [0, 0.05) is 18.5 Å². The molecule has 1 aromatic rings. The summed E-state index contributed by atoms with van der Waals surface area (Å²) >= 11 is 0. The summed E-state index contributed by atoms with van der Waals surface area (Å²) in [6.45, 7) is 1.60. The van der Waals surface area contributed by atoms with Gasteiger partial charge in [0.15, 0.2) is 5.60 Å². The standard InChI is InChI=1S/C11H12N2O2.ClH/c14-10-13-9-4-2-1-3-8(9)11(15-10)5-6-12-7-11;/h1-4,12H,5-7H2,(H,13,14);1H. The molecule has 1 atom stereocenters. The first-order chi connectivity index (χ1) is 7.30. The second kappa shape index (κ2) is 3.96. The number of hydrogen-bond acceptors (Lipinski definition) is 3. The second-order valence-corrected chi connectivity index (χ2v) is 3.98. The molecule has 2 N–H and O–H groups in total. The van der Waals surface area contributed by atoms with Crippen LogP contribution >= 0.6 is 12.4 Å². The molecule has 1 saturated heterocycles. The van der Waals surface area contributed by atoms with E-state index in [4.69, 9.17) is 4.74 Å². The van der Waals surface area contributed by atoms with Crippen molar-refractivity contribution in [2.45, 2.75) is 12.0 Å². The molecule has 1 fully saturated rings. The monoisotopic (exact) mass is 240 g/mol. The van der Waals surface area contributed by atoms with Crippen LogP contribution in [-0.4, -0.2) is 19.2 Å². The number of carbonyl (C=O) groups excluding carboxylic acids is 1. The Morgan fingerprint density at radius 3 is 2.88 bits per heavy atom. The minimum absolute atomic E-state index is 0. The van der Waals surface area contributed by atoms with Gasteiger partial charge in [0.05, 0.1) is 5.69 Å². The Bertz CT molecular complexity index is 416. The summed E-state index contributed by atoms with van der Waals surface area (Å²) in [5, 5.41) is 5.96. The minimum Gasteiger partial charge on any atom is -0.436 e. The maximum atomic E-state index is 11.4. The molecule has 0 aromatic heterocycles. The summed E-state index contributed by atoms with van der Waals surface area (Å²) < 4.78 is 5.45. The summed E-state index contributed by atoms with van der Waals surface area (Å²) in [7, 11) is 0. The van der Waals surface area contributed by atoms with Gasteiger partial charge in [0.25, 0.3) is 0 Å². The first kappa shape index (κ1) is 11.2. The van der Waals surface area contributed by atoms with Crippen molar-refractivity contribution in [2.24, 2.45) is 0 Å². The lowest BCUT2D eigenvalue weighted by atomic mass is 9.90. The molecular weight excluding hydrogens is 228 g/mol. The number of fused-ring (bicyclic) bond motifs is 2. The number of nitrogens with one attached hydrogen (secondary N) is 2. The molecule has 0 bridgehead atoms. The number of benzene rings is 1. The highest BCUT2D eigenvalue weighted by molar-refractivity contribution is 5.88. The molecular formula is C11H13ClN2O2. The average Bonchev–Trinajstić information content (AvgIpc) is 2.67. The van der Waals surface area contributed by atoms with Crippen molar-refractivity contribution in [3.8, 4) is 0 Å². The molecule has 1 amide bonds. The van der Waals surface area contributed by atoms with Crippen LogP contribution in [0.2, 0.25) is 0 Å². The highest BCUT2D eigenvalue weighted by Gasteiger charge is 2.44. The van der Waals surface area contributed by atoms with Crippen LogP contribution in [0.4, 0.5) is 10.5 Å². The Labute approximate surface area is 99.8 Å². The van der Waals surface area contributed by atoms with E-state index in [0.29, 0.717) is 6.54 Å². The van der Waals surface area contributed by atoms with Crippen molar-refractivity contribution in [1.29, 1.82) is 0 Å². The van der Waals surface area contributed by atoms with Crippen LogP contribution in [0, 0.1) is 0 Å². The maximum Gasteiger partial charge on any atom is 0.412 e. The normalized spacial score (nSPS) is 26.6. The molecule has 16 heavy (non-hydrogen) atoms. The van der Waals surface area contributed by atoms with E-state index in [0.717, 1.165) is 24.2 Å². The number of anilines is 1. The molecule has 1 aromatic carbocycles. The van der Waals surface area contributed by atoms with E-state index in [-0.39, 0.29) is 18.5 Å². The zero-order valence-corrected chi connectivity index (χ0v) is 9.47. The van der Waals surface area contributed by atoms with E-state index in [1.807, 2.05) is 24.3 Å². The lowest BCUT2D eigenvalue weighted by molar-refractivity contribution is 0.0278. The summed E-state index contributed by atoms with van der Waals surface area (Å²) in [6.07, 6.45) is 0.495. The summed E-state index contributed by atoms with van der Waals surface area (Å²) in [5.41, 5.74) is 1.51. The SMILES string of the molecule is Cl.O=C1Nc2ccccc2C2(CCNC2)O1. The fourth-order valence-corrected chi connectivity index (χ4v) is 2.34. The zero-order valence-electron chi connectivity index (χ0n) is 8.66. The van der Waals surface area contributed by atoms with Gasteiger partial charge >= 0.3 is 6.09 Å². The minimum atomic E-state index is -0.446. The maximum absolute atomic E-state index is 11.4. The molecule has 0 radical (unpaired) electrons. The third kappa shape index (κ3) is 1.54. The summed E-state index contributed by atoms with van der Waals surface area (Å²) in [4.78, 5) is 11.4. The molecule has 2 aliphatic rings. The van der Waals surface area contributed by atoms with Gasteiger partial charge in [0.1, 0.15) is 0 Å². The number of hydrogen-bond donors (Lipinski definition) is 2. The number of rotatable bonds is 0. The Morgan fingerprint density at radius 1 is 1.31 bits per heavy atom. The van der Waals surface area contributed by atoms with E-state index in [9.17, 15) is 4.79 Å². The predicted octanol–water partition coefficient (Wildman–Crippen LogP) is 1.86. The number of ether oxygens (including phenoxy) is 1. The third-order valence-electron chi connectivity index (χ3n) is 3.06. The van der Waals surface area contributed by atoms with Crippen LogP contribution in [0.15, 0.2) is 24.3 Å². The number of para-hydroxylation sites is 1. The molecule has 3 rings (SSSR count).